The molecule has 18 heteroatoms. The average Bonchev–Trinajstić information content (AvgIpc) is 3.62. The molecule has 0 aromatic heterocycles. The minimum atomic E-state index is -3.26. The van der Waals surface area contributed by atoms with E-state index in [-0.39, 0.29) is 46.0 Å². The molecular weight excluding hydrogens is 633 g/mol. The first kappa shape index (κ1) is 33.2. The lowest BCUT2D eigenvalue weighted by atomic mass is 10.1. The largest absolute Gasteiger partial charge is 0.338 e. The number of rotatable bonds is 11. The number of carbonyl (C=O) groups excluding carboxylic acids is 2. The van der Waals surface area contributed by atoms with Crippen LogP contribution < -0.4 is 10.6 Å². The number of urea groups is 2. The normalized spacial score (nSPS) is 30.6. The fraction of sp³-hybridized carbons (Fsp3) is 0.917. The van der Waals surface area contributed by atoms with E-state index in [2.05, 4.69) is 10.6 Å². The van der Waals surface area contributed by atoms with Gasteiger partial charge in [-0.15, -0.1) is 0 Å². The Morgan fingerprint density at radius 2 is 0.738 bits per heavy atom. The molecule has 0 aromatic rings. The average molecular weight is 675 g/mol. The summed E-state index contributed by atoms with van der Waals surface area (Å²) in [5.74, 6) is -0.714. The van der Waals surface area contributed by atoms with Crippen LogP contribution in [0.15, 0.2) is 0 Å². The van der Waals surface area contributed by atoms with E-state index in [0.29, 0.717) is 51.6 Å². The lowest BCUT2D eigenvalue weighted by Gasteiger charge is -2.33. The van der Waals surface area contributed by atoms with E-state index in [1.165, 1.54) is 9.80 Å². The Morgan fingerprint density at radius 3 is 0.952 bits per heavy atom. The van der Waals surface area contributed by atoms with Crippen LogP contribution >= 0.6 is 0 Å². The number of hydrogen-bond acceptors (Lipinski definition) is 10. The van der Waals surface area contributed by atoms with Crippen molar-refractivity contribution in [1.29, 1.82) is 0 Å². The zero-order chi connectivity index (χ0) is 30.8. The van der Waals surface area contributed by atoms with Gasteiger partial charge in [0, 0.05) is 37.3 Å². The molecule has 4 heterocycles. The maximum absolute atomic E-state index is 13.0. The van der Waals surface area contributed by atoms with Crippen LogP contribution in [0.4, 0.5) is 9.59 Å². The molecule has 4 unspecified atom stereocenters. The van der Waals surface area contributed by atoms with E-state index in [0.717, 1.165) is 12.8 Å². The van der Waals surface area contributed by atoms with Crippen molar-refractivity contribution in [2.45, 2.75) is 75.5 Å². The molecule has 0 aliphatic carbocycles. The maximum Gasteiger partial charge on any atom is 0.317 e. The van der Waals surface area contributed by atoms with E-state index in [1.807, 2.05) is 0 Å². The van der Waals surface area contributed by atoms with Crippen LogP contribution in [0.2, 0.25) is 0 Å². The number of sulfone groups is 4. The predicted molar refractivity (Wildman–Crippen MR) is 157 cm³/mol. The molecule has 0 radical (unpaired) electrons. The van der Waals surface area contributed by atoms with Gasteiger partial charge in [-0.3, -0.25) is 0 Å². The van der Waals surface area contributed by atoms with Gasteiger partial charge >= 0.3 is 12.1 Å². The lowest BCUT2D eigenvalue weighted by molar-refractivity contribution is 0.156. The highest BCUT2D eigenvalue weighted by atomic mass is 32.2. The molecule has 2 N–H and O–H groups in total. The van der Waals surface area contributed by atoms with Crippen LogP contribution in [0.3, 0.4) is 0 Å². The van der Waals surface area contributed by atoms with Crippen LogP contribution in [0.25, 0.3) is 0 Å². The highest BCUT2D eigenvalue weighted by Gasteiger charge is 2.43. The Morgan fingerprint density at radius 1 is 0.476 bits per heavy atom. The Hall–Kier alpha value is -1.66. The van der Waals surface area contributed by atoms with Gasteiger partial charge < -0.3 is 20.4 Å². The molecular formula is C24H42N4O10S4. The first-order valence-electron chi connectivity index (χ1n) is 14.5. The Kier molecular flexibility index (Phi) is 10.4. The van der Waals surface area contributed by atoms with Gasteiger partial charge in [-0.2, -0.15) is 0 Å². The SMILES string of the molecule is O=C(NCCCCCCNC(=O)N(C1CCS(=O)(=O)C1)C1CCS(=O)(=O)C1)N(C1CCS(=O)(=O)C1)C1CCS(=O)(=O)C1. The highest BCUT2D eigenvalue weighted by Crippen LogP contribution is 2.27. The molecule has 4 aliphatic heterocycles. The van der Waals surface area contributed by atoms with E-state index in [9.17, 15) is 43.3 Å². The van der Waals surface area contributed by atoms with Crippen molar-refractivity contribution in [2.24, 2.45) is 0 Å². The quantitative estimate of drug-likeness (QED) is 0.265. The summed E-state index contributed by atoms with van der Waals surface area (Å²) in [5, 5.41) is 5.63. The van der Waals surface area contributed by atoms with Crippen molar-refractivity contribution in [2.75, 3.05) is 59.1 Å². The number of hydrogen-bond donors (Lipinski definition) is 2. The van der Waals surface area contributed by atoms with Gasteiger partial charge in [0.05, 0.1) is 46.0 Å². The minimum Gasteiger partial charge on any atom is -0.338 e. The first-order valence-corrected chi connectivity index (χ1v) is 21.8. The van der Waals surface area contributed by atoms with Crippen molar-refractivity contribution in [3.8, 4) is 0 Å². The van der Waals surface area contributed by atoms with Gasteiger partial charge in [0.1, 0.15) is 0 Å². The topological polar surface area (TPSA) is 201 Å². The van der Waals surface area contributed by atoms with Gasteiger partial charge in [-0.25, -0.2) is 43.3 Å². The zero-order valence-electron chi connectivity index (χ0n) is 23.6. The van der Waals surface area contributed by atoms with E-state index in [1.54, 1.807) is 0 Å². The van der Waals surface area contributed by atoms with Crippen LogP contribution in [-0.4, -0.2) is 139 Å². The smallest absolute Gasteiger partial charge is 0.317 e. The van der Waals surface area contributed by atoms with Crippen molar-refractivity contribution in [1.82, 2.24) is 20.4 Å². The van der Waals surface area contributed by atoms with Crippen LogP contribution in [0.1, 0.15) is 51.4 Å². The first-order chi connectivity index (χ1) is 19.6. The molecule has 4 atom stereocenters. The summed E-state index contributed by atoms with van der Waals surface area (Å²) in [7, 11) is -13.0. The van der Waals surface area contributed by atoms with Gasteiger partial charge in [0.15, 0.2) is 39.3 Å². The van der Waals surface area contributed by atoms with E-state index < -0.39 is 75.6 Å². The number of unbranched alkanes of at least 4 members (excludes halogenated alkanes) is 3. The van der Waals surface area contributed by atoms with Gasteiger partial charge in [-0.1, -0.05) is 12.8 Å². The second-order valence-corrected chi connectivity index (χ2v) is 20.8. The second kappa shape index (κ2) is 13.1. The lowest BCUT2D eigenvalue weighted by Crippen LogP contribution is -2.52. The third-order valence-electron chi connectivity index (χ3n) is 8.53. The summed E-state index contributed by atoms with van der Waals surface area (Å²) in [6.45, 7) is 0.668. The second-order valence-electron chi connectivity index (χ2n) is 11.9. The highest BCUT2D eigenvalue weighted by molar-refractivity contribution is 7.92. The molecule has 0 saturated carbocycles. The van der Waals surface area contributed by atoms with Crippen molar-refractivity contribution < 1.29 is 43.3 Å². The molecule has 0 spiro atoms. The fourth-order valence-electron chi connectivity index (χ4n) is 6.42. The van der Waals surface area contributed by atoms with Gasteiger partial charge in [0.25, 0.3) is 0 Å². The molecule has 0 aromatic carbocycles. The van der Waals surface area contributed by atoms with Gasteiger partial charge in [0.2, 0.25) is 0 Å². The summed E-state index contributed by atoms with van der Waals surface area (Å²) in [4.78, 5) is 28.9. The van der Waals surface area contributed by atoms with Crippen molar-refractivity contribution in [3.05, 3.63) is 0 Å². The van der Waals surface area contributed by atoms with Crippen molar-refractivity contribution in [3.63, 3.8) is 0 Å². The molecule has 14 nitrogen and oxygen atoms in total. The molecule has 0 bridgehead atoms. The third kappa shape index (κ3) is 8.94. The third-order valence-corrected chi connectivity index (χ3v) is 15.5. The fourth-order valence-corrected chi connectivity index (χ4v) is 13.3. The monoisotopic (exact) mass is 674 g/mol. The molecule has 4 saturated heterocycles. The predicted octanol–water partition coefficient (Wildman–Crippen LogP) is -0.682. The number of nitrogens with zero attached hydrogens (tertiary/aromatic N) is 2. The summed E-state index contributed by atoms with van der Waals surface area (Å²) in [6.07, 6.45) is 3.90. The number of carbonyl (C=O) groups is 2. The van der Waals surface area contributed by atoms with Crippen LogP contribution in [0, 0.1) is 0 Å². The van der Waals surface area contributed by atoms with Crippen LogP contribution in [-0.2, 0) is 39.3 Å². The zero-order valence-corrected chi connectivity index (χ0v) is 26.9. The van der Waals surface area contributed by atoms with E-state index in [4.69, 9.17) is 0 Å². The van der Waals surface area contributed by atoms with E-state index >= 15 is 0 Å². The van der Waals surface area contributed by atoms with Crippen molar-refractivity contribution >= 4 is 51.4 Å². The standard InChI is InChI=1S/C24H42N4O10S4/c29-23(27(19-5-11-39(31,32)15-19)20-6-12-40(33,34)16-20)25-9-3-1-2-4-10-26-24(30)28(21-7-13-41(35,36)17-21)22-8-14-42(37,38)18-22/h19-22H,1-18H2,(H,25,29)(H,26,30). The molecule has 42 heavy (non-hydrogen) atoms. The Bertz CT molecular complexity index is 1250. The summed E-state index contributed by atoms with van der Waals surface area (Å²) in [6, 6.07) is -3.05. The Labute approximate surface area is 249 Å². The van der Waals surface area contributed by atoms with Crippen LogP contribution in [0.5, 0.6) is 0 Å². The summed E-state index contributed by atoms with van der Waals surface area (Å²) in [5.41, 5.74) is 0. The summed E-state index contributed by atoms with van der Waals surface area (Å²) < 4.78 is 96.1. The molecule has 242 valence electrons. The minimum absolute atomic E-state index is 0.0191. The molecule has 4 fully saturated rings. The van der Waals surface area contributed by atoms with Gasteiger partial charge in [-0.05, 0) is 38.5 Å². The summed E-state index contributed by atoms with van der Waals surface area (Å²) >= 11 is 0. The molecule has 4 amide bonds. The number of nitrogens with one attached hydrogen (secondary N) is 2. The molecule has 4 aliphatic rings. The Balaban J connectivity index is 1.19. The maximum atomic E-state index is 13.0. The molecule has 4 rings (SSSR count). The number of amides is 4.